The highest BCUT2D eigenvalue weighted by Crippen LogP contribution is 2.12. The zero-order valence-corrected chi connectivity index (χ0v) is 13.6. The van der Waals surface area contributed by atoms with Crippen molar-refractivity contribution in [2.45, 2.75) is 71.5 Å². The number of aliphatic hydroxyl groups excluding tert-OH is 2. The maximum Gasteiger partial charge on any atom is 0.0897 e. The molecule has 4 nitrogen and oxygen atoms in total. The van der Waals surface area contributed by atoms with Crippen LogP contribution in [0.2, 0.25) is 0 Å². The number of unbranched alkanes of at least 4 members (excludes halogenated alkanes) is 1. The molecule has 0 saturated carbocycles. The molecule has 0 aromatic carbocycles. The Morgan fingerprint density at radius 3 is 2.20 bits per heavy atom. The van der Waals surface area contributed by atoms with E-state index in [2.05, 4.69) is 26.1 Å². The minimum Gasteiger partial charge on any atom is -0.392 e. The monoisotopic (exact) mass is 289 g/mol. The predicted molar refractivity (Wildman–Crippen MR) is 83.9 cm³/mol. The molecule has 0 radical (unpaired) electrons. The van der Waals surface area contributed by atoms with Crippen LogP contribution in [-0.4, -0.2) is 48.7 Å². The second-order valence-electron chi connectivity index (χ2n) is 5.71. The van der Waals surface area contributed by atoms with E-state index >= 15 is 0 Å². The van der Waals surface area contributed by atoms with Crippen LogP contribution in [0.3, 0.4) is 0 Å². The summed E-state index contributed by atoms with van der Waals surface area (Å²) in [7, 11) is 0. The van der Waals surface area contributed by atoms with E-state index in [0.29, 0.717) is 25.6 Å². The fourth-order valence-corrected chi connectivity index (χ4v) is 2.18. The summed E-state index contributed by atoms with van der Waals surface area (Å²) >= 11 is 0. The first-order valence-corrected chi connectivity index (χ1v) is 8.28. The first-order valence-electron chi connectivity index (χ1n) is 8.28. The highest BCUT2D eigenvalue weighted by molar-refractivity contribution is 4.64. The second kappa shape index (κ2) is 13.8. The Balaban J connectivity index is 3.54. The van der Waals surface area contributed by atoms with Crippen molar-refractivity contribution in [3.8, 4) is 0 Å². The van der Waals surface area contributed by atoms with Crippen molar-refractivity contribution in [1.29, 1.82) is 0 Å². The van der Waals surface area contributed by atoms with Gasteiger partial charge in [-0.25, -0.2) is 0 Å². The van der Waals surface area contributed by atoms with Gasteiger partial charge in [0.2, 0.25) is 0 Å². The van der Waals surface area contributed by atoms with Crippen LogP contribution in [0, 0.1) is 5.92 Å². The molecule has 0 aliphatic heterocycles. The summed E-state index contributed by atoms with van der Waals surface area (Å²) in [6.45, 7) is 8.58. The van der Waals surface area contributed by atoms with Crippen molar-refractivity contribution >= 4 is 0 Å². The average molecular weight is 289 g/mol. The summed E-state index contributed by atoms with van der Waals surface area (Å²) in [6, 6.07) is 0. The van der Waals surface area contributed by atoms with E-state index in [-0.39, 0.29) is 6.10 Å². The molecule has 3 unspecified atom stereocenters. The van der Waals surface area contributed by atoms with E-state index < -0.39 is 6.10 Å². The quantitative estimate of drug-likeness (QED) is 0.459. The average Bonchev–Trinajstić information content (AvgIpc) is 2.43. The minimum atomic E-state index is -0.493. The Kier molecular flexibility index (Phi) is 13.7. The van der Waals surface area contributed by atoms with Crippen molar-refractivity contribution < 1.29 is 14.9 Å². The number of hydrogen-bond acceptors (Lipinski definition) is 4. The highest BCUT2D eigenvalue weighted by Gasteiger charge is 2.09. The van der Waals surface area contributed by atoms with Gasteiger partial charge in [0.1, 0.15) is 0 Å². The van der Waals surface area contributed by atoms with Crippen LogP contribution in [-0.2, 0) is 4.74 Å². The van der Waals surface area contributed by atoms with E-state index in [0.717, 1.165) is 25.9 Å². The molecular formula is C16H35NO3. The first-order chi connectivity index (χ1) is 9.63. The van der Waals surface area contributed by atoms with Crippen molar-refractivity contribution in [2.75, 3.05) is 26.3 Å². The third-order valence-corrected chi connectivity index (χ3v) is 3.59. The summed E-state index contributed by atoms with van der Waals surface area (Å²) in [5.41, 5.74) is 0. The van der Waals surface area contributed by atoms with Gasteiger partial charge in [-0.15, -0.1) is 0 Å². The third-order valence-electron chi connectivity index (χ3n) is 3.59. The zero-order valence-electron chi connectivity index (χ0n) is 13.6. The van der Waals surface area contributed by atoms with Crippen LogP contribution in [0.25, 0.3) is 0 Å². The van der Waals surface area contributed by atoms with Crippen LogP contribution < -0.4 is 5.32 Å². The van der Waals surface area contributed by atoms with Gasteiger partial charge >= 0.3 is 0 Å². The maximum atomic E-state index is 9.78. The summed E-state index contributed by atoms with van der Waals surface area (Å²) in [6.07, 6.45) is 5.80. The minimum absolute atomic E-state index is 0.313. The van der Waals surface area contributed by atoms with Gasteiger partial charge in [0, 0.05) is 19.7 Å². The lowest BCUT2D eigenvalue weighted by atomic mass is 10.0. The molecule has 0 amide bonds. The summed E-state index contributed by atoms with van der Waals surface area (Å²) in [5, 5.41) is 22.4. The Labute approximate surface area is 124 Å². The Morgan fingerprint density at radius 1 is 0.900 bits per heavy atom. The molecule has 0 aliphatic carbocycles. The van der Waals surface area contributed by atoms with Crippen molar-refractivity contribution in [2.24, 2.45) is 5.92 Å². The molecule has 0 fully saturated rings. The van der Waals surface area contributed by atoms with Crippen LogP contribution in [0.15, 0.2) is 0 Å². The smallest absolute Gasteiger partial charge is 0.0897 e. The molecule has 122 valence electrons. The van der Waals surface area contributed by atoms with E-state index in [4.69, 9.17) is 4.74 Å². The normalized spacial score (nSPS) is 16.1. The molecule has 0 rings (SSSR count). The lowest BCUT2D eigenvalue weighted by Crippen LogP contribution is -2.35. The van der Waals surface area contributed by atoms with E-state index in [9.17, 15) is 10.2 Å². The number of nitrogens with one attached hydrogen (secondary N) is 1. The fourth-order valence-electron chi connectivity index (χ4n) is 2.18. The van der Waals surface area contributed by atoms with E-state index in [1.165, 1.54) is 19.3 Å². The molecule has 3 atom stereocenters. The maximum absolute atomic E-state index is 9.78. The predicted octanol–water partition coefficient (Wildman–Crippen LogP) is 2.33. The second-order valence-corrected chi connectivity index (χ2v) is 5.71. The van der Waals surface area contributed by atoms with Gasteiger partial charge in [-0.3, -0.25) is 0 Å². The van der Waals surface area contributed by atoms with Crippen molar-refractivity contribution in [1.82, 2.24) is 5.32 Å². The highest BCUT2D eigenvalue weighted by atomic mass is 16.5. The van der Waals surface area contributed by atoms with Crippen molar-refractivity contribution in [3.63, 3.8) is 0 Å². The van der Waals surface area contributed by atoms with Crippen LogP contribution in [0.4, 0.5) is 0 Å². The topological polar surface area (TPSA) is 61.7 Å². The van der Waals surface area contributed by atoms with Gasteiger partial charge in [-0.2, -0.15) is 0 Å². The fraction of sp³-hybridized carbons (Fsp3) is 1.00. The summed E-state index contributed by atoms with van der Waals surface area (Å²) in [4.78, 5) is 0. The molecule has 0 aromatic heterocycles. The standard InChI is InChI=1S/C16H35NO3/c1-4-7-9-14(6-3)12-20-13-16(19)11-17-10-15(18)8-5-2/h14-19H,4-13H2,1-3H3. The number of hydrogen-bond donors (Lipinski definition) is 3. The Morgan fingerprint density at radius 2 is 1.60 bits per heavy atom. The summed E-state index contributed by atoms with van der Waals surface area (Å²) in [5.74, 6) is 0.612. The first kappa shape index (κ1) is 19.8. The summed E-state index contributed by atoms with van der Waals surface area (Å²) < 4.78 is 5.60. The van der Waals surface area contributed by atoms with Gasteiger partial charge in [0.15, 0.2) is 0 Å². The van der Waals surface area contributed by atoms with E-state index in [1.54, 1.807) is 0 Å². The van der Waals surface area contributed by atoms with E-state index in [1.807, 2.05) is 0 Å². The van der Waals surface area contributed by atoms with Crippen LogP contribution in [0.5, 0.6) is 0 Å². The van der Waals surface area contributed by atoms with Gasteiger partial charge in [-0.1, -0.05) is 46.5 Å². The Bertz CT molecular complexity index is 202. The SMILES string of the molecule is CCCCC(CC)COCC(O)CNCC(O)CCC. The molecular weight excluding hydrogens is 254 g/mol. The van der Waals surface area contributed by atoms with Crippen LogP contribution in [0.1, 0.15) is 59.3 Å². The molecule has 4 heteroatoms. The molecule has 0 saturated heterocycles. The lowest BCUT2D eigenvalue weighted by Gasteiger charge is -2.18. The van der Waals surface area contributed by atoms with Crippen LogP contribution >= 0.6 is 0 Å². The zero-order chi connectivity index (χ0) is 15.2. The largest absolute Gasteiger partial charge is 0.392 e. The molecule has 0 heterocycles. The van der Waals surface area contributed by atoms with Gasteiger partial charge in [0.05, 0.1) is 18.8 Å². The van der Waals surface area contributed by atoms with Gasteiger partial charge in [0.25, 0.3) is 0 Å². The molecule has 0 aliphatic rings. The molecule has 20 heavy (non-hydrogen) atoms. The molecule has 0 bridgehead atoms. The molecule has 3 N–H and O–H groups in total. The lowest BCUT2D eigenvalue weighted by molar-refractivity contribution is 0.0180. The number of rotatable bonds is 14. The van der Waals surface area contributed by atoms with Crippen molar-refractivity contribution in [3.05, 3.63) is 0 Å². The molecule has 0 aromatic rings. The third kappa shape index (κ3) is 11.6. The molecule has 0 spiro atoms. The van der Waals surface area contributed by atoms with Gasteiger partial charge in [-0.05, 0) is 18.8 Å². The number of aliphatic hydroxyl groups is 2. The Hall–Kier alpha value is -0.160. The van der Waals surface area contributed by atoms with Gasteiger partial charge < -0.3 is 20.3 Å². The number of ether oxygens (including phenoxy) is 1.